The summed E-state index contributed by atoms with van der Waals surface area (Å²) in [4.78, 5) is 7.43. The lowest BCUT2D eigenvalue weighted by Crippen LogP contribution is -2.30. The minimum atomic E-state index is -3.88. The van der Waals surface area contributed by atoms with E-state index in [1.807, 2.05) is 0 Å². The topological polar surface area (TPSA) is 107 Å². The summed E-state index contributed by atoms with van der Waals surface area (Å²) in [5, 5.41) is 14.6. The molecule has 0 saturated carbocycles. The minimum Gasteiger partial charge on any atom is -0.351 e. The van der Waals surface area contributed by atoms with Crippen LogP contribution in [0.4, 0.5) is 10.1 Å². The highest BCUT2D eigenvalue weighted by Gasteiger charge is 2.19. The van der Waals surface area contributed by atoms with E-state index in [0.29, 0.717) is 5.69 Å². The van der Waals surface area contributed by atoms with Crippen LogP contribution in [0, 0.1) is 17.3 Å². The molecule has 0 aliphatic carbocycles. The largest absolute Gasteiger partial charge is 0.351 e. The van der Waals surface area contributed by atoms with Crippen LogP contribution in [0.2, 0.25) is 5.02 Å². The Balaban J connectivity index is 1.71. The van der Waals surface area contributed by atoms with Crippen molar-refractivity contribution in [3.8, 4) is 6.19 Å². The van der Waals surface area contributed by atoms with Gasteiger partial charge in [0.05, 0.1) is 14.8 Å². The molecule has 10 heteroatoms. The van der Waals surface area contributed by atoms with Gasteiger partial charge in [-0.25, -0.2) is 12.8 Å². The number of halogens is 2. The first-order valence-electron chi connectivity index (χ1n) is 8.57. The van der Waals surface area contributed by atoms with Gasteiger partial charge in [0.25, 0.3) is 0 Å². The number of rotatable bonds is 5. The molecular formula is C20H15ClFN5O2S. The fraction of sp³-hybridized carbons (Fsp3) is 0.0500. The van der Waals surface area contributed by atoms with E-state index in [4.69, 9.17) is 16.9 Å². The average molecular weight is 444 g/mol. The first-order chi connectivity index (χ1) is 14.4. The van der Waals surface area contributed by atoms with Crippen LogP contribution in [-0.4, -0.2) is 19.4 Å². The summed E-state index contributed by atoms with van der Waals surface area (Å²) in [6.07, 6.45) is 4.90. The Morgan fingerprint density at radius 3 is 2.40 bits per heavy atom. The van der Waals surface area contributed by atoms with Gasteiger partial charge in [0.2, 0.25) is 22.0 Å². The second-order valence-electron chi connectivity index (χ2n) is 6.00. The van der Waals surface area contributed by atoms with E-state index in [2.05, 4.69) is 20.6 Å². The molecule has 0 fully saturated rings. The van der Waals surface area contributed by atoms with E-state index in [1.54, 1.807) is 42.9 Å². The van der Waals surface area contributed by atoms with Gasteiger partial charge in [0.1, 0.15) is 5.82 Å². The Kier molecular flexibility index (Phi) is 6.61. The van der Waals surface area contributed by atoms with E-state index in [-0.39, 0.29) is 27.3 Å². The molecule has 0 radical (unpaired) electrons. The molecule has 2 N–H and O–H groups in total. The van der Waals surface area contributed by atoms with Crippen LogP contribution < -0.4 is 10.6 Å². The van der Waals surface area contributed by atoms with Gasteiger partial charge in [-0.15, -0.1) is 4.99 Å². The summed E-state index contributed by atoms with van der Waals surface area (Å²) in [7, 11) is -3.88. The number of nitrogens with one attached hydrogen (secondary N) is 2. The molecule has 3 rings (SSSR count). The smallest absolute Gasteiger partial charge is 0.212 e. The number of hydrogen-bond donors (Lipinski definition) is 2. The van der Waals surface area contributed by atoms with Crippen LogP contribution in [0.3, 0.4) is 0 Å². The van der Waals surface area contributed by atoms with Crippen LogP contribution in [-0.2, 0) is 16.4 Å². The average Bonchev–Trinajstić information content (AvgIpc) is 2.75. The van der Waals surface area contributed by atoms with Crippen molar-refractivity contribution in [2.45, 2.75) is 16.3 Å². The van der Waals surface area contributed by atoms with Crippen LogP contribution in [0.25, 0.3) is 0 Å². The lowest BCUT2D eigenvalue weighted by molar-refractivity contribution is 0.591. The quantitative estimate of drug-likeness (QED) is 0.353. The fourth-order valence-electron chi connectivity index (χ4n) is 2.49. The predicted molar refractivity (Wildman–Crippen MR) is 111 cm³/mol. The Morgan fingerprint density at radius 2 is 1.77 bits per heavy atom. The Morgan fingerprint density at radius 1 is 1.10 bits per heavy atom. The third kappa shape index (κ3) is 5.11. The van der Waals surface area contributed by atoms with Crippen molar-refractivity contribution in [3.63, 3.8) is 0 Å². The molecule has 1 aromatic heterocycles. The summed E-state index contributed by atoms with van der Waals surface area (Å²) in [6.45, 7) is 0.286. The number of guanidine groups is 1. The lowest BCUT2D eigenvalue weighted by atomic mass is 10.2. The van der Waals surface area contributed by atoms with Gasteiger partial charge in [0, 0.05) is 24.6 Å². The number of hydrogen-bond acceptors (Lipinski definition) is 5. The van der Waals surface area contributed by atoms with Gasteiger partial charge in [0.15, 0.2) is 0 Å². The van der Waals surface area contributed by atoms with Gasteiger partial charge >= 0.3 is 0 Å². The number of benzene rings is 2. The van der Waals surface area contributed by atoms with Crippen LogP contribution in [0.1, 0.15) is 5.56 Å². The highest BCUT2D eigenvalue weighted by molar-refractivity contribution is 7.91. The first kappa shape index (κ1) is 21.2. The highest BCUT2D eigenvalue weighted by Crippen LogP contribution is 2.24. The molecule has 2 aromatic carbocycles. The van der Waals surface area contributed by atoms with E-state index in [9.17, 15) is 12.8 Å². The molecule has 7 nitrogen and oxygen atoms in total. The second-order valence-corrected chi connectivity index (χ2v) is 8.36. The van der Waals surface area contributed by atoms with Crippen molar-refractivity contribution in [1.82, 2.24) is 10.3 Å². The summed E-state index contributed by atoms with van der Waals surface area (Å²) in [6, 6.07) is 12.9. The van der Waals surface area contributed by atoms with Crippen LogP contribution in [0.15, 0.2) is 81.8 Å². The molecule has 3 aromatic rings. The van der Waals surface area contributed by atoms with Gasteiger partial charge in [-0.2, -0.15) is 5.26 Å². The van der Waals surface area contributed by atoms with E-state index in [0.717, 1.165) is 11.6 Å². The number of pyridine rings is 1. The highest BCUT2D eigenvalue weighted by atomic mass is 35.5. The van der Waals surface area contributed by atoms with Crippen LogP contribution >= 0.6 is 11.6 Å². The lowest BCUT2D eigenvalue weighted by Gasteiger charge is -2.11. The third-order valence-electron chi connectivity index (χ3n) is 4.00. The maximum absolute atomic E-state index is 13.6. The molecule has 30 heavy (non-hydrogen) atoms. The number of aromatic nitrogens is 1. The zero-order valence-corrected chi connectivity index (χ0v) is 17.0. The Hall–Kier alpha value is -3.48. The molecule has 0 spiro atoms. The molecule has 1 heterocycles. The van der Waals surface area contributed by atoms with E-state index >= 15 is 0 Å². The third-order valence-corrected chi connectivity index (χ3v) is 6.07. The number of anilines is 1. The normalized spacial score (nSPS) is 11.6. The summed E-state index contributed by atoms with van der Waals surface area (Å²) >= 11 is 5.62. The molecule has 0 bridgehead atoms. The van der Waals surface area contributed by atoms with Gasteiger partial charge < -0.3 is 10.6 Å². The second kappa shape index (κ2) is 9.35. The SMILES string of the molecule is N#C/N=C(\NCc1ccc(S(=O)(=O)c2ccc(Cl)c(F)c2)cc1)Nc1ccncc1. The number of nitrogens with zero attached hydrogens (tertiary/aromatic N) is 3. The molecule has 0 aliphatic rings. The monoisotopic (exact) mass is 443 g/mol. The van der Waals surface area contributed by atoms with E-state index in [1.165, 1.54) is 24.3 Å². The number of nitriles is 1. The Labute approximate surface area is 177 Å². The zero-order valence-electron chi connectivity index (χ0n) is 15.4. The van der Waals surface area contributed by atoms with Crippen molar-refractivity contribution in [2.75, 3.05) is 5.32 Å². The molecule has 152 valence electrons. The maximum atomic E-state index is 13.6. The molecule has 0 atom stereocenters. The number of sulfone groups is 1. The molecule has 0 unspecified atom stereocenters. The molecule has 0 aliphatic heterocycles. The molecule has 0 saturated heterocycles. The molecular weight excluding hydrogens is 429 g/mol. The fourth-order valence-corrected chi connectivity index (χ4v) is 3.88. The Bertz CT molecular complexity index is 1210. The van der Waals surface area contributed by atoms with Crippen molar-refractivity contribution >= 4 is 33.1 Å². The standard InChI is InChI=1S/C20H15ClFN5O2S/c21-18-6-5-17(11-19(18)22)30(28,29)16-3-1-14(2-4-16)12-25-20(26-13-23)27-15-7-9-24-10-8-15/h1-11H,12H2,(H2,24,25,26,27). The van der Waals surface area contributed by atoms with E-state index < -0.39 is 15.7 Å². The zero-order chi connectivity index (χ0) is 21.6. The first-order valence-corrected chi connectivity index (χ1v) is 10.4. The predicted octanol–water partition coefficient (Wildman–Crippen LogP) is 3.75. The maximum Gasteiger partial charge on any atom is 0.212 e. The van der Waals surface area contributed by atoms with Crippen molar-refractivity contribution in [3.05, 3.63) is 83.4 Å². The van der Waals surface area contributed by atoms with Gasteiger partial charge in [-0.05, 0) is 48.0 Å². The van der Waals surface area contributed by atoms with Crippen molar-refractivity contribution in [2.24, 2.45) is 4.99 Å². The van der Waals surface area contributed by atoms with Gasteiger partial charge in [-0.1, -0.05) is 23.7 Å². The summed E-state index contributed by atoms with van der Waals surface area (Å²) < 4.78 is 39.0. The number of aliphatic imine (C=N–C) groups is 1. The van der Waals surface area contributed by atoms with Crippen LogP contribution in [0.5, 0.6) is 0 Å². The summed E-state index contributed by atoms with van der Waals surface area (Å²) in [5.41, 5.74) is 1.45. The summed E-state index contributed by atoms with van der Waals surface area (Å²) in [5.74, 6) is -0.568. The van der Waals surface area contributed by atoms with Gasteiger partial charge in [-0.3, -0.25) is 4.98 Å². The minimum absolute atomic E-state index is 0.0220. The van der Waals surface area contributed by atoms with Crippen molar-refractivity contribution < 1.29 is 12.8 Å². The molecule has 0 amide bonds. The van der Waals surface area contributed by atoms with Crippen molar-refractivity contribution in [1.29, 1.82) is 5.26 Å².